The Kier molecular flexibility index (Phi) is 2.13. The predicted octanol–water partition coefficient (Wildman–Crippen LogP) is 2.47. The van der Waals surface area contributed by atoms with Gasteiger partial charge in [-0.25, -0.2) is 4.79 Å². The van der Waals surface area contributed by atoms with Gasteiger partial charge in [0.2, 0.25) is 0 Å². The van der Waals surface area contributed by atoms with Gasteiger partial charge in [0.25, 0.3) is 0 Å². The molecule has 3 nitrogen and oxygen atoms in total. The van der Waals surface area contributed by atoms with Crippen molar-refractivity contribution in [3.05, 3.63) is 23.1 Å². The van der Waals surface area contributed by atoms with E-state index in [1.807, 2.05) is 5.38 Å². The number of benzene rings is 1. The first-order valence-electron chi connectivity index (χ1n) is 3.83. The van der Waals surface area contributed by atoms with Crippen molar-refractivity contribution in [1.29, 1.82) is 0 Å². The number of rotatable bonds is 1. The first kappa shape index (κ1) is 9.36. The molecule has 1 aromatic carbocycles. The second-order valence-electron chi connectivity index (χ2n) is 2.83. The topological polar surface area (TPSA) is 63.3 Å². The zero-order valence-corrected chi connectivity index (χ0v) is 8.73. The Balaban J connectivity index is 2.91. The third-order valence-corrected chi connectivity index (χ3v) is 3.31. The van der Waals surface area contributed by atoms with E-state index in [2.05, 4.69) is 12.6 Å². The largest absolute Gasteiger partial charge is 0.478 e. The molecule has 0 unspecified atom stereocenters. The third kappa shape index (κ3) is 1.25. The fourth-order valence-corrected chi connectivity index (χ4v) is 2.51. The summed E-state index contributed by atoms with van der Waals surface area (Å²) >= 11 is 5.55. The summed E-state index contributed by atoms with van der Waals surface area (Å²) in [7, 11) is 0. The summed E-state index contributed by atoms with van der Waals surface area (Å²) in [4.78, 5) is 11.4. The molecule has 1 heterocycles. The molecule has 0 saturated carbocycles. The molecule has 5 heteroatoms. The van der Waals surface area contributed by atoms with Crippen molar-refractivity contribution >= 4 is 45.7 Å². The number of carboxylic acid groups (broad SMARTS) is 1. The number of carboxylic acids is 1. The van der Waals surface area contributed by atoms with Crippen molar-refractivity contribution in [3.63, 3.8) is 0 Å². The van der Waals surface area contributed by atoms with Crippen molar-refractivity contribution in [3.8, 4) is 0 Å². The Morgan fingerprint density at radius 1 is 1.57 bits per heavy atom. The van der Waals surface area contributed by atoms with Crippen LogP contribution in [0.5, 0.6) is 0 Å². The number of fused-ring (bicyclic) bond motifs is 1. The van der Waals surface area contributed by atoms with Crippen molar-refractivity contribution < 1.29 is 9.90 Å². The summed E-state index contributed by atoms with van der Waals surface area (Å²) in [6.07, 6.45) is 0. The number of hydrogen-bond donors (Lipinski definition) is 3. The summed E-state index contributed by atoms with van der Waals surface area (Å²) in [6, 6.07) is 3.24. The van der Waals surface area contributed by atoms with E-state index in [9.17, 15) is 4.79 Å². The molecule has 0 aliphatic heterocycles. The van der Waals surface area contributed by atoms with Gasteiger partial charge in [-0.3, -0.25) is 0 Å². The maximum atomic E-state index is 10.9. The first-order chi connectivity index (χ1) is 6.61. The van der Waals surface area contributed by atoms with Crippen LogP contribution in [-0.4, -0.2) is 11.1 Å². The average Bonchev–Trinajstić information content (AvgIpc) is 2.59. The van der Waals surface area contributed by atoms with Gasteiger partial charge >= 0.3 is 5.97 Å². The average molecular weight is 225 g/mol. The second-order valence-corrected chi connectivity index (χ2v) is 4.22. The van der Waals surface area contributed by atoms with Gasteiger partial charge in [0.1, 0.15) is 0 Å². The highest BCUT2D eigenvalue weighted by Gasteiger charge is 2.13. The molecule has 0 amide bonds. The van der Waals surface area contributed by atoms with Crippen molar-refractivity contribution in [1.82, 2.24) is 0 Å². The number of nitrogens with two attached hydrogens (primary N) is 1. The fraction of sp³-hybridized carbons (Fsp3) is 0. The van der Waals surface area contributed by atoms with E-state index in [4.69, 9.17) is 10.8 Å². The third-order valence-electron chi connectivity index (χ3n) is 1.99. The maximum Gasteiger partial charge on any atom is 0.336 e. The van der Waals surface area contributed by atoms with Crippen LogP contribution >= 0.6 is 24.0 Å². The Bertz CT molecular complexity index is 519. The minimum Gasteiger partial charge on any atom is -0.478 e. The summed E-state index contributed by atoms with van der Waals surface area (Å²) < 4.78 is 0.787. The molecule has 14 heavy (non-hydrogen) atoms. The van der Waals surface area contributed by atoms with Gasteiger partial charge in [-0.2, -0.15) is 0 Å². The monoisotopic (exact) mass is 225 g/mol. The molecular formula is C9H7NO2S2. The smallest absolute Gasteiger partial charge is 0.336 e. The molecule has 0 radical (unpaired) electrons. The van der Waals surface area contributed by atoms with Crippen molar-refractivity contribution in [2.75, 3.05) is 5.73 Å². The standard InChI is InChI=1S/C9H7NO2S2/c10-7-6(13)3-5(9(11)12)4-1-2-14-8(4)7/h1-3,13H,10H2,(H,11,12). The quantitative estimate of drug-likeness (QED) is 0.516. The van der Waals surface area contributed by atoms with Gasteiger partial charge in [-0.05, 0) is 17.5 Å². The number of anilines is 1. The van der Waals surface area contributed by atoms with Gasteiger partial charge in [0, 0.05) is 10.3 Å². The predicted molar refractivity (Wildman–Crippen MR) is 60.4 cm³/mol. The van der Waals surface area contributed by atoms with Crippen LogP contribution in [-0.2, 0) is 0 Å². The van der Waals surface area contributed by atoms with E-state index in [0.717, 1.165) is 4.70 Å². The maximum absolute atomic E-state index is 10.9. The van der Waals surface area contributed by atoms with E-state index in [1.54, 1.807) is 6.07 Å². The summed E-state index contributed by atoms with van der Waals surface area (Å²) in [5.74, 6) is -0.955. The van der Waals surface area contributed by atoms with Crippen LogP contribution in [0.25, 0.3) is 10.1 Å². The molecular weight excluding hydrogens is 218 g/mol. The summed E-state index contributed by atoms with van der Waals surface area (Å²) in [5.41, 5.74) is 6.57. The fourth-order valence-electron chi connectivity index (χ4n) is 1.32. The van der Waals surface area contributed by atoms with Crippen LogP contribution in [0.4, 0.5) is 5.69 Å². The lowest BCUT2D eigenvalue weighted by Gasteiger charge is -2.03. The molecule has 0 aliphatic rings. The Morgan fingerprint density at radius 2 is 2.29 bits per heavy atom. The number of nitrogen functional groups attached to an aromatic ring is 1. The van der Waals surface area contributed by atoms with Gasteiger partial charge in [-0.1, -0.05) is 0 Å². The zero-order chi connectivity index (χ0) is 10.3. The molecule has 2 aromatic rings. The van der Waals surface area contributed by atoms with Crippen LogP contribution in [0.3, 0.4) is 0 Å². The molecule has 2 rings (SSSR count). The van der Waals surface area contributed by atoms with Gasteiger partial charge in [0.05, 0.1) is 16.0 Å². The Hall–Kier alpha value is -1.20. The first-order valence-corrected chi connectivity index (χ1v) is 5.16. The van der Waals surface area contributed by atoms with E-state index in [-0.39, 0.29) is 5.56 Å². The molecule has 3 N–H and O–H groups in total. The van der Waals surface area contributed by atoms with Crippen LogP contribution in [0, 0.1) is 0 Å². The lowest BCUT2D eigenvalue weighted by molar-refractivity contribution is 0.0699. The van der Waals surface area contributed by atoms with Gasteiger partial charge in [-0.15, -0.1) is 24.0 Å². The number of thiol groups is 1. The highest BCUT2D eigenvalue weighted by atomic mass is 32.1. The molecule has 0 bridgehead atoms. The minimum absolute atomic E-state index is 0.250. The summed E-state index contributed by atoms with van der Waals surface area (Å²) in [6.45, 7) is 0. The molecule has 1 aromatic heterocycles. The van der Waals surface area contributed by atoms with E-state index in [1.165, 1.54) is 17.4 Å². The van der Waals surface area contributed by atoms with E-state index in [0.29, 0.717) is 16.0 Å². The number of carbonyl (C=O) groups is 1. The van der Waals surface area contributed by atoms with Crippen LogP contribution in [0.15, 0.2) is 22.4 Å². The Labute approximate surface area is 89.6 Å². The zero-order valence-electron chi connectivity index (χ0n) is 7.02. The molecule has 0 atom stereocenters. The normalized spacial score (nSPS) is 10.6. The number of thiophene rings is 1. The number of aromatic carboxylic acids is 1. The highest BCUT2D eigenvalue weighted by molar-refractivity contribution is 7.80. The van der Waals surface area contributed by atoms with Crippen LogP contribution in [0.2, 0.25) is 0 Å². The SMILES string of the molecule is Nc1c(S)cc(C(=O)O)c2ccsc12. The Morgan fingerprint density at radius 3 is 2.93 bits per heavy atom. The lowest BCUT2D eigenvalue weighted by Crippen LogP contribution is -1.98. The molecule has 0 fully saturated rings. The lowest BCUT2D eigenvalue weighted by atomic mass is 10.1. The summed E-state index contributed by atoms with van der Waals surface area (Å²) in [5, 5.41) is 11.4. The van der Waals surface area contributed by atoms with Crippen molar-refractivity contribution in [2.24, 2.45) is 0 Å². The van der Waals surface area contributed by atoms with E-state index >= 15 is 0 Å². The van der Waals surface area contributed by atoms with Gasteiger partial charge < -0.3 is 10.8 Å². The highest BCUT2D eigenvalue weighted by Crippen LogP contribution is 2.34. The minimum atomic E-state index is -0.955. The van der Waals surface area contributed by atoms with Crippen LogP contribution < -0.4 is 5.73 Å². The molecule has 0 spiro atoms. The van der Waals surface area contributed by atoms with Crippen molar-refractivity contribution in [2.45, 2.75) is 4.90 Å². The molecule has 0 saturated heterocycles. The molecule has 0 aliphatic carbocycles. The van der Waals surface area contributed by atoms with Crippen LogP contribution in [0.1, 0.15) is 10.4 Å². The second kappa shape index (κ2) is 3.18. The number of hydrogen-bond acceptors (Lipinski definition) is 4. The molecule has 72 valence electrons. The van der Waals surface area contributed by atoms with Gasteiger partial charge in [0.15, 0.2) is 0 Å². The van der Waals surface area contributed by atoms with E-state index < -0.39 is 5.97 Å².